The summed E-state index contributed by atoms with van der Waals surface area (Å²) in [4.78, 5) is 30.5. The zero-order chi connectivity index (χ0) is 22.8. The van der Waals surface area contributed by atoms with Gasteiger partial charge < -0.3 is 10.4 Å². The van der Waals surface area contributed by atoms with E-state index in [0.717, 1.165) is 16.9 Å². The summed E-state index contributed by atoms with van der Waals surface area (Å²) < 4.78 is 14.3. The van der Waals surface area contributed by atoms with E-state index in [1.807, 2.05) is 27.7 Å². The lowest BCUT2D eigenvalue weighted by Crippen LogP contribution is -2.26. The summed E-state index contributed by atoms with van der Waals surface area (Å²) >= 11 is 1.12. The molecule has 0 bridgehead atoms. The number of carbonyl (C=O) groups excluding carboxylic acids is 2. The second kappa shape index (κ2) is 12.4. The van der Waals surface area contributed by atoms with Gasteiger partial charge in [-0.15, -0.1) is 11.3 Å². The number of nitrogens with one attached hydrogen (secondary N) is 2. The van der Waals surface area contributed by atoms with Crippen molar-refractivity contribution in [3.63, 3.8) is 0 Å². The van der Waals surface area contributed by atoms with Gasteiger partial charge in [-0.2, -0.15) is 0 Å². The van der Waals surface area contributed by atoms with E-state index >= 15 is 0 Å². The number of hydrogen-bond donors (Lipinski definition) is 3. The van der Waals surface area contributed by atoms with Crippen molar-refractivity contribution in [1.29, 1.82) is 0 Å². The summed E-state index contributed by atoms with van der Waals surface area (Å²) in [5, 5.41) is 12.1. The molecular formula is C22H31FN2O4S. The first-order valence-corrected chi connectivity index (χ1v) is 10.8. The standard InChI is InChI=1S/C20H25FN2O4S.C2H6/c1-11(2)16-17(19(26)23-27-9-5-8-24)20(28-18(16)13(4)25)22-15-7-6-12(3)10-14(15)21;1-2/h6-7,10-11,22,24H,5,8-9H2,1-4H3,(H,23,26);1-2H3. The van der Waals surface area contributed by atoms with Gasteiger partial charge >= 0.3 is 0 Å². The highest BCUT2D eigenvalue weighted by molar-refractivity contribution is 7.18. The third kappa shape index (κ3) is 6.62. The molecule has 0 atom stereocenters. The number of halogens is 1. The number of thiophene rings is 1. The summed E-state index contributed by atoms with van der Waals surface area (Å²) in [5.74, 6) is -1.25. The van der Waals surface area contributed by atoms with Crippen LogP contribution in [0.25, 0.3) is 0 Å². The Morgan fingerprint density at radius 3 is 2.47 bits per heavy atom. The van der Waals surface area contributed by atoms with Crippen LogP contribution in [0.2, 0.25) is 0 Å². The van der Waals surface area contributed by atoms with Gasteiger partial charge in [0.1, 0.15) is 10.8 Å². The lowest BCUT2D eigenvalue weighted by molar-refractivity contribution is 0.0262. The van der Waals surface area contributed by atoms with Crippen LogP contribution in [0.1, 0.15) is 78.1 Å². The van der Waals surface area contributed by atoms with Crippen molar-refractivity contribution in [2.45, 2.75) is 53.9 Å². The molecule has 0 saturated carbocycles. The first-order valence-electron chi connectivity index (χ1n) is 10.00. The van der Waals surface area contributed by atoms with Crippen molar-refractivity contribution in [1.82, 2.24) is 5.48 Å². The Morgan fingerprint density at radius 1 is 1.27 bits per heavy atom. The Labute approximate surface area is 181 Å². The molecule has 166 valence electrons. The fraction of sp³-hybridized carbons (Fsp3) is 0.455. The Balaban J connectivity index is 0.00000218. The third-order valence-electron chi connectivity index (χ3n) is 4.01. The second-order valence-corrected chi connectivity index (χ2v) is 7.75. The van der Waals surface area contributed by atoms with Crippen LogP contribution in [-0.2, 0) is 4.84 Å². The zero-order valence-corrected chi connectivity index (χ0v) is 19.2. The van der Waals surface area contributed by atoms with Crippen molar-refractivity contribution < 1.29 is 23.9 Å². The number of benzene rings is 1. The Kier molecular flexibility index (Phi) is 10.7. The van der Waals surface area contributed by atoms with Crippen LogP contribution in [0.4, 0.5) is 15.1 Å². The first kappa shape index (κ1) is 25.7. The van der Waals surface area contributed by atoms with Crippen LogP contribution >= 0.6 is 11.3 Å². The van der Waals surface area contributed by atoms with E-state index < -0.39 is 11.7 Å². The Bertz CT molecular complexity index is 865. The van der Waals surface area contributed by atoms with Gasteiger partial charge in [0.25, 0.3) is 5.91 Å². The molecule has 2 aromatic rings. The van der Waals surface area contributed by atoms with Gasteiger partial charge in [0.05, 0.1) is 22.7 Å². The molecule has 0 saturated heterocycles. The number of ketones is 1. The molecule has 0 unspecified atom stereocenters. The molecule has 6 nitrogen and oxygen atoms in total. The minimum absolute atomic E-state index is 0.0560. The van der Waals surface area contributed by atoms with Gasteiger partial charge in [-0.25, -0.2) is 9.87 Å². The molecule has 0 radical (unpaired) electrons. The molecule has 0 spiro atoms. The van der Waals surface area contributed by atoms with Crippen LogP contribution in [0.5, 0.6) is 0 Å². The molecular weight excluding hydrogens is 407 g/mol. The molecule has 2 rings (SSSR count). The predicted octanol–water partition coefficient (Wildman–Crippen LogP) is 5.34. The van der Waals surface area contributed by atoms with Gasteiger partial charge in [0.15, 0.2) is 5.78 Å². The van der Waals surface area contributed by atoms with Crippen LogP contribution in [0, 0.1) is 12.7 Å². The number of hydroxylamine groups is 1. The lowest BCUT2D eigenvalue weighted by Gasteiger charge is -2.13. The molecule has 0 aliphatic carbocycles. The SMILES string of the molecule is CC.CC(=O)c1sc(Nc2ccc(C)cc2F)c(C(=O)NOCCCO)c1C(C)C. The van der Waals surface area contributed by atoms with Crippen molar-refractivity contribution in [3.8, 4) is 0 Å². The minimum atomic E-state index is -0.527. The maximum Gasteiger partial charge on any atom is 0.278 e. The number of aliphatic hydroxyl groups is 1. The maximum atomic E-state index is 14.3. The van der Waals surface area contributed by atoms with E-state index in [1.165, 1.54) is 13.0 Å². The molecule has 0 aliphatic heterocycles. The number of aryl methyl sites for hydroxylation is 1. The fourth-order valence-corrected chi connectivity index (χ4v) is 3.98. The van der Waals surface area contributed by atoms with Crippen molar-refractivity contribution in [2.24, 2.45) is 0 Å². The molecule has 1 aromatic carbocycles. The van der Waals surface area contributed by atoms with Crippen molar-refractivity contribution in [2.75, 3.05) is 18.5 Å². The largest absolute Gasteiger partial charge is 0.396 e. The molecule has 1 heterocycles. The van der Waals surface area contributed by atoms with Crippen LogP contribution in [-0.4, -0.2) is 30.0 Å². The maximum absolute atomic E-state index is 14.3. The Morgan fingerprint density at radius 2 is 1.93 bits per heavy atom. The first-order chi connectivity index (χ1) is 14.3. The summed E-state index contributed by atoms with van der Waals surface area (Å²) in [6.07, 6.45) is 0.374. The molecule has 0 fully saturated rings. The number of Topliss-reactive ketones (excluding diaryl/α,β-unsaturated/α-hetero) is 1. The number of anilines is 2. The molecule has 0 aliphatic rings. The highest BCUT2D eigenvalue weighted by Gasteiger charge is 2.28. The average Bonchev–Trinajstić information content (AvgIpc) is 3.09. The number of rotatable bonds is 9. The lowest BCUT2D eigenvalue weighted by atomic mass is 9.97. The molecule has 1 aromatic heterocycles. The van der Waals surface area contributed by atoms with E-state index in [-0.39, 0.29) is 36.2 Å². The second-order valence-electron chi connectivity index (χ2n) is 6.72. The predicted molar refractivity (Wildman–Crippen MR) is 119 cm³/mol. The average molecular weight is 439 g/mol. The van der Waals surface area contributed by atoms with Gasteiger partial charge in [-0.05, 0) is 49.4 Å². The van der Waals surface area contributed by atoms with Crippen molar-refractivity contribution >= 4 is 33.7 Å². The van der Waals surface area contributed by atoms with E-state index in [2.05, 4.69) is 10.8 Å². The summed E-state index contributed by atoms with van der Waals surface area (Å²) in [5.41, 5.74) is 4.18. The molecule has 3 N–H and O–H groups in total. The van der Waals surface area contributed by atoms with Crippen molar-refractivity contribution in [3.05, 3.63) is 45.6 Å². The van der Waals surface area contributed by atoms with Crippen LogP contribution in [0.15, 0.2) is 18.2 Å². The third-order valence-corrected chi connectivity index (χ3v) is 5.23. The number of amides is 1. The van der Waals surface area contributed by atoms with E-state index in [4.69, 9.17) is 9.94 Å². The van der Waals surface area contributed by atoms with Gasteiger partial charge in [0.2, 0.25) is 0 Å². The fourth-order valence-electron chi connectivity index (χ4n) is 2.72. The highest BCUT2D eigenvalue weighted by atomic mass is 32.1. The zero-order valence-electron chi connectivity index (χ0n) is 18.4. The Hall–Kier alpha value is -2.29. The van der Waals surface area contributed by atoms with Gasteiger partial charge in [-0.1, -0.05) is 33.8 Å². The summed E-state index contributed by atoms with van der Waals surface area (Å²) in [7, 11) is 0. The normalized spacial score (nSPS) is 10.4. The van der Waals surface area contributed by atoms with Gasteiger partial charge in [0, 0.05) is 6.61 Å². The highest BCUT2D eigenvalue weighted by Crippen LogP contribution is 2.40. The monoisotopic (exact) mass is 438 g/mol. The number of hydrogen-bond acceptors (Lipinski definition) is 6. The summed E-state index contributed by atoms with van der Waals surface area (Å²) in [6.45, 7) is 11.1. The van der Waals surface area contributed by atoms with Crippen LogP contribution in [0.3, 0.4) is 0 Å². The van der Waals surface area contributed by atoms with E-state index in [0.29, 0.717) is 21.9 Å². The minimum Gasteiger partial charge on any atom is -0.396 e. The summed E-state index contributed by atoms with van der Waals surface area (Å²) in [6, 6.07) is 4.74. The molecule has 1 amide bonds. The quantitative estimate of drug-likeness (QED) is 0.280. The number of aliphatic hydroxyl groups excluding tert-OH is 1. The van der Waals surface area contributed by atoms with Crippen LogP contribution < -0.4 is 10.8 Å². The number of carbonyl (C=O) groups is 2. The topological polar surface area (TPSA) is 87.7 Å². The smallest absolute Gasteiger partial charge is 0.278 e. The molecule has 8 heteroatoms. The van der Waals surface area contributed by atoms with Gasteiger partial charge in [-0.3, -0.25) is 14.4 Å². The van der Waals surface area contributed by atoms with E-state index in [1.54, 1.807) is 19.1 Å². The van der Waals surface area contributed by atoms with E-state index in [9.17, 15) is 14.0 Å². The molecule has 30 heavy (non-hydrogen) atoms.